The van der Waals surface area contributed by atoms with E-state index in [9.17, 15) is 33.0 Å². The highest BCUT2D eigenvalue weighted by Crippen LogP contribution is 2.36. The topological polar surface area (TPSA) is 132 Å². The summed E-state index contributed by atoms with van der Waals surface area (Å²) in [6, 6.07) is 13.1. The van der Waals surface area contributed by atoms with Crippen LogP contribution in [0.2, 0.25) is 0 Å². The Morgan fingerprint density at radius 1 is 1.08 bits per heavy atom. The number of aromatic nitrogens is 1. The first kappa shape index (κ1) is 27.3. The number of carbonyl (C=O) groups excluding carboxylic acids is 2. The molecule has 1 fully saturated rings. The van der Waals surface area contributed by atoms with E-state index in [0.29, 0.717) is 10.6 Å². The maximum Gasteiger partial charge on any atom is 0.471 e. The number of aryl methyl sites for hydroxylation is 1. The molecule has 1 aliphatic rings. The van der Waals surface area contributed by atoms with Crippen molar-refractivity contribution >= 4 is 28.4 Å². The number of alkyl halides is 3. The standard InChI is InChI=1S/C26H26F3N3O6/c1-14-10-15(18-4-2-3-5-20(18)30-14)13-38-17-8-6-16(7-9-17)32(25(36)26(27,28)29)21-12-23(34)22(33)11-19(21)24(35)31-37/h2-10,19,21-23,33-34,37H,11-13H2,1H3,(H,31,35)/t19-,21-,22?,23?/m1/s1. The number of nitrogens with zero attached hydrogens (tertiary/aromatic N) is 2. The number of pyridine rings is 1. The molecule has 1 heterocycles. The fourth-order valence-electron chi connectivity index (χ4n) is 4.77. The van der Waals surface area contributed by atoms with Gasteiger partial charge in [-0.2, -0.15) is 13.2 Å². The lowest BCUT2D eigenvalue weighted by molar-refractivity contribution is -0.172. The molecule has 0 saturated heterocycles. The molecular formula is C26H26F3N3O6. The quantitative estimate of drug-likeness (QED) is 0.283. The van der Waals surface area contributed by atoms with Gasteiger partial charge in [0.25, 0.3) is 0 Å². The number of amides is 2. The number of ether oxygens (including phenoxy) is 1. The van der Waals surface area contributed by atoms with E-state index in [0.717, 1.165) is 22.2 Å². The molecule has 0 radical (unpaired) electrons. The average molecular weight is 534 g/mol. The van der Waals surface area contributed by atoms with Crippen LogP contribution in [0.5, 0.6) is 5.75 Å². The highest BCUT2D eigenvalue weighted by Gasteiger charge is 2.50. The zero-order valence-corrected chi connectivity index (χ0v) is 20.2. The monoisotopic (exact) mass is 533 g/mol. The van der Waals surface area contributed by atoms with E-state index in [2.05, 4.69) is 4.98 Å². The van der Waals surface area contributed by atoms with Gasteiger partial charge in [-0.1, -0.05) is 18.2 Å². The lowest BCUT2D eigenvalue weighted by Gasteiger charge is -2.42. The van der Waals surface area contributed by atoms with Crippen molar-refractivity contribution in [2.75, 3.05) is 4.90 Å². The van der Waals surface area contributed by atoms with Crippen molar-refractivity contribution in [1.29, 1.82) is 0 Å². The molecule has 1 aliphatic carbocycles. The van der Waals surface area contributed by atoms with Crippen LogP contribution in [-0.2, 0) is 16.2 Å². The summed E-state index contributed by atoms with van der Waals surface area (Å²) < 4.78 is 46.6. The zero-order valence-electron chi connectivity index (χ0n) is 20.2. The van der Waals surface area contributed by atoms with E-state index in [1.807, 2.05) is 37.3 Å². The molecule has 4 rings (SSSR count). The Morgan fingerprint density at radius 3 is 2.39 bits per heavy atom. The van der Waals surface area contributed by atoms with Gasteiger partial charge in [-0.25, -0.2) is 5.48 Å². The number of nitrogens with one attached hydrogen (secondary N) is 1. The van der Waals surface area contributed by atoms with E-state index in [4.69, 9.17) is 9.94 Å². The van der Waals surface area contributed by atoms with Crippen LogP contribution in [0, 0.1) is 12.8 Å². The molecule has 202 valence electrons. The highest BCUT2D eigenvalue weighted by molar-refractivity contribution is 5.99. The number of hydrogen-bond acceptors (Lipinski definition) is 7. The Bertz CT molecular complexity index is 1320. The predicted octanol–water partition coefficient (Wildman–Crippen LogP) is 3.02. The first-order valence-corrected chi connectivity index (χ1v) is 11.8. The van der Waals surface area contributed by atoms with Crippen LogP contribution < -0.4 is 15.1 Å². The van der Waals surface area contributed by atoms with Gasteiger partial charge in [-0.3, -0.25) is 19.8 Å². The number of fused-ring (bicyclic) bond motifs is 1. The summed E-state index contributed by atoms with van der Waals surface area (Å²) in [6.07, 6.45) is -9.17. The molecule has 3 aromatic rings. The molecule has 38 heavy (non-hydrogen) atoms. The van der Waals surface area contributed by atoms with E-state index in [-0.39, 0.29) is 12.3 Å². The van der Waals surface area contributed by atoms with Crippen molar-refractivity contribution in [1.82, 2.24) is 10.5 Å². The third-order valence-corrected chi connectivity index (χ3v) is 6.57. The fraction of sp³-hybridized carbons (Fsp3) is 0.346. The van der Waals surface area contributed by atoms with Gasteiger partial charge < -0.3 is 19.8 Å². The first-order chi connectivity index (χ1) is 18.0. The van der Waals surface area contributed by atoms with Crippen molar-refractivity contribution in [2.45, 2.75) is 50.8 Å². The molecule has 0 spiro atoms. The van der Waals surface area contributed by atoms with E-state index in [1.165, 1.54) is 29.7 Å². The Kier molecular flexibility index (Phi) is 7.86. The maximum atomic E-state index is 13.6. The molecule has 1 aromatic heterocycles. The predicted molar refractivity (Wildman–Crippen MR) is 129 cm³/mol. The minimum absolute atomic E-state index is 0.153. The van der Waals surface area contributed by atoms with Crippen LogP contribution in [0.1, 0.15) is 24.1 Å². The summed E-state index contributed by atoms with van der Waals surface area (Å²) in [5, 5.41) is 30.1. The molecular weight excluding hydrogens is 507 g/mol. The molecule has 4 N–H and O–H groups in total. The summed E-state index contributed by atoms with van der Waals surface area (Å²) in [4.78, 5) is 29.6. The minimum atomic E-state index is -5.29. The SMILES string of the molecule is Cc1cc(COc2ccc(N(C(=O)C(F)(F)F)[C@@H]3CC(O)C(O)C[C@H]3C(=O)NO)cc2)c2ccccc2n1. The summed E-state index contributed by atoms with van der Waals surface area (Å²) in [5.41, 5.74) is 3.61. The minimum Gasteiger partial charge on any atom is -0.489 e. The number of aliphatic hydroxyl groups excluding tert-OH is 2. The van der Waals surface area contributed by atoms with Crippen molar-refractivity contribution in [3.63, 3.8) is 0 Å². The van der Waals surface area contributed by atoms with Crippen LogP contribution in [0.3, 0.4) is 0 Å². The summed E-state index contributed by atoms with van der Waals surface area (Å²) in [6.45, 7) is 2.00. The fourth-order valence-corrected chi connectivity index (χ4v) is 4.77. The van der Waals surface area contributed by atoms with Crippen molar-refractivity contribution in [3.8, 4) is 5.75 Å². The molecule has 2 unspecified atom stereocenters. The van der Waals surface area contributed by atoms with Gasteiger partial charge in [-0.05, 0) is 56.2 Å². The Morgan fingerprint density at radius 2 is 1.74 bits per heavy atom. The number of para-hydroxylation sites is 1. The van der Waals surface area contributed by atoms with Crippen molar-refractivity contribution in [3.05, 3.63) is 65.9 Å². The Hall–Kier alpha value is -3.74. The summed E-state index contributed by atoms with van der Waals surface area (Å²) in [7, 11) is 0. The van der Waals surface area contributed by atoms with Gasteiger partial charge in [0, 0.05) is 22.3 Å². The van der Waals surface area contributed by atoms with Crippen LogP contribution >= 0.6 is 0 Å². The zero-order chi connectivity index (χ0) is 27.6. The number of aliphatic hydroxyl groups is 2. The molecule has 4 atom stereocenters. The average Bonchev–Trinajstić information content (AvgIpc) is 2.88. The van der Waals surface area contributed by atoms with Gasteiger partial charge >= 0.3 is 12.1 Å². The molecule has 12 heteroatoms. The third-order valence-electron chi connectivity index (χ3n) is 6.57. The van der Waals surface area contributed by atoms with Crippen LogP contribution in [0.15, 0.2) is 54.6 Å². The summed E-state index contributed by atoms with van der Waals surface area (Å²) in [5.74, 6) is -4.44. The lowest BCUT2D eigenvalue weighted by Crippen LogP contribution is -2.58. The van der Waals surface area contributed by atoms with Gasteiger partial charge in [0.05, 0.1) is 29.7 Å². The van der Waals surface area contributed by atoms with E-state index in [1.54, 1.807) is 0 Å². The van der Waals surface area contributed by atoms with Gasteiger partial charge in [-0.15, -0.1) is 0 Å². The molecule has 2 amide bonds. The number of hydrogen-bond donors (Lipinski definition) is 4. The van der Waals surface area contributed by atoms with Crippen LogP contribution in [-0.4, -0.2) is 56.6 Å². The van der Waals surface area contributed by atoms with E-state index < -0.39 is 55.0 Å². The molecule has 0 bridgehead atoms. The van der Waals surface area contributed by atoms with Crippen LogP contribution in [0.4, 0.5) is 18.9 Å². The molecule has 1 saturated carbocycles. The van der Waals surface area contributed by atoms with Gasteiger partial charge in [0.15, 0.2) is 0 Å². The van der Waals surface area contributed by atoms with Crippen molar-refractivity contribution < 1.29 is 42.9 Å². The number of halogens is 3. The first-order valence-electron chi connectivity index (χ1n) is 11.8. The molecule has 0 aliphatic heterocycles. The maximum absolute atomic E-state index is 13.6. The smallest absolute Gasteiger partial charge is 0.471 e. The molecule has 2 aromatic carbocycles. The van der Waals surface area contributed by atoms with Crippen molar-refractivity contribution in [2.24, 2.45) is 5.92 Å². The second kappa shape index (κ2) is 10.9. The van der Waals surface area contributed by atoms with Gasteiger partial charge in [0.2, 0.25) is 5.91 Å². The highest BCUT2D eigenvalue weighted by atomic mass is 19.4. The number of carbonyl (C=O) groups is 2. The largest absolute Gasteiger partial charge is 0.489 e. The Balaban J connectivity index is 1.62. The number of hydroxylamine groups is 1. The van der Waals surface area contributed by atoms with E-state index >= 15 is 0 Å². The third kappa shape index (κ3) is 5.72. The number of anilines is 1. The number of rotatable bonds is 6. The number of benzene rings is 2. The second-order valence-corrected chi connectivity index (χ2v) is 9.15. The lowest BCUT2D eigenvalue weighted by atomic mass is 9.79. The van der Waals surface area contributed by atoms with Gasteiger partial charge in [0.1, 0.15) is 12.4 Å². The summed E-state index contributed by atoms with van der Waals surface area (Å²) >= 11 is 0. The van der Waals surface area contributed by atoms with Crippen LogP contribution in [0.25, 0.3) is 10.9 Å². The second-order valence-electron chi connectivity index (χ2n) is 9.15. The Labute approximate surface area is 215 Å². The normalized spacial score (nSPS) is 21.7. The molecule has 9 nitrogen and oxygen atoms in total.